The van der Waals surface area contributed by atoms with Crippen LogP contribution in [0.5, 0.6) is 0 Å². The van der Waals surface area contributed by atoms with Crippen LogP contribution in [-0.4, -0.2) is 65.1 Å². The molecule has 0 spiro atoms. The lowest BCUT2D eigenvalue weighted by molar-refractivity contribution is -0.135. The molecule has 1 unspecified atom stereocenters. The van der Waals surface area contributed by atoms with Crippen molar-refractivity contribution < 1.29 is 14.4 Å². The normalized spacial score (nSPS) is 19.5. The summed E-state index contributed by atoms with van der Waals surface area (Å²) < 4.78 is 0. The van der Waals surface area contributed by atoms with E-state index < -0.39 is 0 Å². The molecule has 0 saturated carbocycles. The van der Waals surface area contributed by atoms with Gasteiger partial charge in [0.05, 0.1) is 5.92 Å². The minimum atomic E-state index is -0.310. The highest BCUT2D eigenvalue weighted by Crippen LogP contribution is 2.23. The largest absolute Gasteiger partial charge is 0.341 e. The zero-order valence-corrected chi connectivity index (χ0v) is 18.1. The van der Waals surface area contributed by atoms with Crippen molar-refractivity contribution in [3.63, 3.8) is 0 Å². The second kappa shape index (κ2) is 9.52. The van der Waals surface area contributed by atoms with Gasteiger partial charge in [-0.3, -0.25) is 14.4 Å². The molecule has 4 rings (SSSR count). The Balaban J connectivity index is 1.34. The SMILES string of the molecule is O=C1CC(C(=O)N2CCCN(C(=O)c3ccc(Cl)cc3)CC2)CN1Cc1ccccc1. The molecule has 2 aliphatic heterocycles. The molecule has 0 aliphatic carbocycles. The molecule has 0 radical (unpaired) electrons. The van der Waals surface area contributed by atoms with Crippen LogP contribution in [0.25, 0.3) is 0 Å². The van der Waals surface area contributed by atoms with Gasteiger partial charge in [0.15, 0.2) is 0 Å². The van der Waals surface area contributed by atoms with E-state index in [2.05, 4.69) is 0 Å². The molecule has 162 valence electrons. The number of benzene rings is 2. The maximum atomic E-state index is 13.1. The molecule has 2 heterocycles. The Hall–Kier alpha value is -2.86. The van der Waals surface area contributed by atoms with Gasteiger partial charge in [-0.2, -0.15) is 0 Å². The van der Waals surface area contributed by atoms with Crippen LogP contribution in [0.3, 0.4) is 0 Å². The van der Waals surface area contributed by atoms with E-state index in [1.54, 1.807) is 34.1 Å². The van der Waals surface area contributed by atoms with E-state index in [4.69, 9.17) is 11.6 Å². The number of carbonyl (C=O) groups excluding carboxylic acids is 3. The second-order valence-corrected chi connectivity index (χ2v) is 8.58. The minimum absolute atomic E-state index is 0.0182. The molecular formula is C24H26ClN3O3. The van der Waals surface area contributed by atoms with Crippen molar-refractivity contribution in [3.05, 3.63) is 70.7 Å². The fourth-order valence-corrected chi connectivity index (χ4v) is 4.39. The minimum Gasteiger partial charge on any atom is -0.341 e. The summed E-state index contributed by atoms with van der Waals surface area (Å²) in [5.74, 6) is -0.313. The average Bonchev–Trinajstić information content (AvgIpc) is 2.99. The summed E-state index contributed by atoms with van der Waals surface area (Å²) in [7, 11) is 0. The number of rotatable bonds is 4. The lowest BCUT2D eigenvalue weighted by atomic mass is 10.1. The van der Waals surface area contributed by atoms with Gasteiger partial charge in [0.25, 0.3) is 5.91 Å². The summed E-state index contributed by atoms with van der Waals surface area (Å²) in [4.78, 5) is 43.7. The van der Waals surface area contributed by atoms with E-state index in [1.165, 1.54) is 0 Å². The van der Waals surface area contributed by atoms with Crippen LogP contribution in [0, 0.1) is 5.92 Å². The van der Waals surface area contributed by atoms with Gasteiger partial charge in [0.2, 0.25) is 11.8 Å². The van der Waals surface area contributed by atoms with Crippen LogP contribution < -0.4 is 0 Å². The van der Waals surface area contributed by atoms with Crippen molar-refractivity contribution in [3.8, 4) is 0 Å². The smallest absolute Gasteiger partial charge is 0.253 e. The van der Waals surface area contributed by atoms with E-state index in [0.29, 0.717) is 49.9 Å². The van der Waals surface area contributed by atoms with Crippen LogP contribution in [0.2, 0.25) is 5.02 Å². The monoisotopic (exact) mass is 439 g/mol. The summed E-state index contributed by atoms with van der Waals surface area (Å²) in [6.07, 6.45) is 0.981. The average molecular weight is 440 g/mol. The Kier molecular flexibility index (Phi) is 6.56. The van der Waals surface area contributed by atoms with E-state index in [1.807, 2.05) is 35.2 Å². The molecule has 0 bridgehead atoms. The molecule has 2 aliphatic rings. The van der Waals surface area contributed by atoms with Gasteiger partial charge in [-0.25, -0.2) is 0 Å². The third-order valence-electron chi connectivity index (χ3n) is 5.97. The first kappa shape index (κ1) is 21.4. The van der Waals surface area contributed by atoms with E-state index in [-0.39, 0.29) is 30.1 Å². The Labute approximate surface area is 187 Å². The highest BCUT2D eigenvalue weighted by molar-refractivity contribution is 6.30. The third kappa shape index (κ3) is 5.07. The summed E-state index contributed by atoms with van der Waals surface area (Å²) in [6, 6.07) is 16.7. The Bertz CT molecular complexity index is 948. The summed E-state index contributed by atoms with van der Waals surface area (Å²) in [6.45, 7) is 3.17. The number of hydrogen-bond donors (Lipinski definition) is 0. The zero-order valence-electron chi connectivity index (χ0n) is 17.4. The summed E-state index contributed by atoms with van der Waals surface area (Å²) in [5.41, 5.74) is 1.66. The number of likely N-dealkylation sites (tertiary alicyclic amines) is 1. The summed E-state index contributed by atoms with van der Waals surface area (Å²) in [5, 5.41) is 0.594. The standard InChI is InChI=1S/C24H26ClN3O3/c25-21-9-7-19(8-10-21)23(30)26-11-4-12-27(14-13-26)24(31)20-15-22(29)28(17-20)16-18-5-2-1-3-6-18/h1-3,5-10,20H,4,11-17H2. The molecular weight excluding hydrogens is 414 g/mol. The van der Waals surface area contributed by atoms with Crippen molar-refractivity contribution in [1.82, 2.24) is 14.7 Å². The van der Waals surface area contributed by atoms with Crippen LogP contribution in [0.15, 0.2) is 54.6 Å². The topological polar surface area (TPSA) is 60.9 Å². The third-order valence-corrected chi connectivity index (χ3v) is 6.22. The van der Waals surface area contributed by atoms with Crippen molar-refractivity contribution in [2.24, 2.45) is 5.92 Å². The highest BCUT2D eigenvalue weighted by Gasteiger charge is 2.37. The fraction of sp³-hybridized carbons (Fsp3) is 0.375. The number of hydrogen-bond acceptors (Lipinski definition) is 3. The van der Waals surface area contributed by atoms with Crippen molar-refractivity contribution in [2.45, 2.75) is 19.4 Å². The number of nitrogens with zero attached hydrogens (tertiary/aromatic N) is 3. The van der Waals surface area contributed by atoms with Gasteiger partial charge in [0, 0.05) is 56.3 Å². The molecule has 7 heteroatoms. The molecule has 6 nitrogen and oxygen atoms in total. The van der Waals surface area contributed by atoms with Gasteiger partial charge >= 0.3 is 0 Å². The molecule has 0 aromatic heterocycles. The van der Waals surface area contributed by atoms with Gasteiger partial charge < -0.3 is 14.7 Å². The first-order valence-corrected chi connectivity index (χ1v) is 11.0. The molecule has 3 amide bonds. The first-order valence-electron chi connectivity index (χ1n) is 10.7. The van der Waals surface area contributed by atoms with Gasteiger partial charge in [-0.05, 0) is 36.2 Å². The quantitative estimate of drug-likeness (QED) is 0.735. The van der Waals surface area contributed by atoms with E-state index >= 15 is 0 Å². The van der Waals surface area contributed by atoms with Crippen LogP contribution >= 0.6 is 11.6 Å². The van der Waals surface area contributed by atoms with Gasteiger partial charge in [-0.1, -0.05) is 41.9 Å². The first-order chi connectivity index (χ1) is 15.0. The van der Waals surface area contributed by atoms with Gasteiger partial charge in [-0.15, -0.1) is 0 Å². The summed E-state index contributed by atoms with van der Waals surface area (Å²) >= 11 is 5.91. The maximum Gasteiger partial charge on any atom is 0.253 e. The Morgan fingerprint density at radius 2 is 1.58 bits per heavy atom. The maximum absolute atomic E-state index is 13.1. The predicted molar refractivity (Wildman–Crippen MR) is 119 cm³/mol. The lowest BCUT2D eigenvalue weighted by Gasteiger charge is -2.24. The molecule has 2 aromatic carbocycles. The van der Waals surface area contributed by atoms with Gasteiger partial charge in [0.1, 0.15) is 0 Å². The molecule has 0 N–H and O–H groups in total. The number of halogens is 1. The second-order valence-electron chi connectivity index (χ2n) is 8.14. The van der Waals surface area contributed by atoms with Crippen LogP contribution in [-0.2, 0) is 16.1 Å². The van der Waals surface area contributed by atoms with Crippen molar-refractivity contribution in [1.29, 1.82) is 0 Å². The van der Waals surface area contributed by atoms with Crippen LogP contribution in [0.1, 0.15) is 28.8 Å². The number of amides is 3. The van der Waals surface area contributed by atoms with Crippen LogP contribution in [0.4, 0.5) is 0 Å². The van der Waals surface area contributed by atoms with E-state index in [9.17, 15) is 14.4 Å². The highest BCUT2D eigenvalue weighted by atomic mass is 35.5. The van der Waals surface area contributed by atoms with E-state index in [0.717, 1.165) is 12.0 Å². The lowest BCUT2D eigenvalue weighted by Crippen LogP contribution is -2.40. The van der Waals surface area contributed by atoms with Crippen molar-refractivity contribution >= 4 is 29.3 Å². The zero-order chi connectivity index (χ0) is 21.8. The molecule has 2 saturated heterocycles. The molecule has 2 fully saturated rings. The molecule has 31 heavy (non-hydrogen) atoms. The molecule has 2 aromatic rings. The Morgan fingerprint density at radius 1 is 0.903 bits per heavy atom. The Morgan fingerprint density at radius 3 is 2.32 bits per heavy atom. The molecule has 1 atom stereocenters. The number of carbonyl (C=O) groups is 3. The fourth-order valence-electron chi connectivity index (χ4n) is 4.27. The predicted octanol–water partition coefficient (Wildman–Crippen LogP) is 3.06. The van der Waals surface area contributed by atoms with Crippen molar-refractivity contribution in [2.75, 3.05) is 32.7 Å².